The maximum Gasteiger partial charge on any atom is 0.283 e. The summed E-state index contributed by atoms with van der Waals surface area (Å²) in [5.41, 5.74) is 3.98. The first kappa shape index (κ1) is 27.2. The van der Waals surface area contributed by atoms with Crippen molar-refractivity contribution in [3.63, 3.8) is 0 Å². The third kappa shape index (κ3) is 6.84. The summed E-state index contributed by atoms with van der Waals surface area (Å²) in [6.07, 6.45) is 1.73. The van der Waals surface area contributed by atoms with Gasteiger partial charge in [0.1, 0.15) is 3.72 Å². The minimum atomic E-state index is -1.00. The molecule has 0 atom stereocenters. The van der Waals surface area contributed by atoms with E-state index in [1.165, 1.54) is 0 Å². The summed E-state index contributed by atoms with van der Waals surface area (Å²) in [5.74, 6) is 0. The highest BCUT2D eigenvalue weighted by Crippen LogP contribution is 2.33. The molecule has 0 fully saturated rings. The molecule has 2 aliphatic heterocycles. The summed E-state index contributed by atoms with van der Waals surface area (Å²) in [4.78, 5) is 28.6. The second-order valence-electron chi connectivity index (χ2n) is 5.55. The molecule has 0 amide bonds. The quantitative estimate of drug-likeness (QED) is 0.191. The molecule has 0 saturated carbocycles. The standard InChI is InChI=1S/C8H4BrIN2O2.C8H5BrN2O2.CH3F.2CH4/c9-6-2-5-4(3-11-8(5)10)1-7(6)12(13)14;9-7-1-5-3-10-4-6(5)2-8(7)11(12)13;1-2;;/h1-2H,3H2;1-3H,4H2;1H3;2*1H4/i;;1D;;. The van der Waals surface area contributed by atoms with Gasteiger partial charge < -0.3 is 0 Å². The molecule has 31 heavy (non-hydrogen) atoms. The number of aliphatic imine (C=N–C) groups is 2. The van der Waals surface area contributed by atoms with Gasteiger partial charge in [0, 0.05) is 23.9 Å². The molecule has 0 N–H and O–H groups in total. The van der Waals surface area contributed by atoms with Crippen LogP contribution in [-0.2, 0) is 13.1 Å². The van der Waals surface area contributed by atoms with E-state index in [1.54, 1.807) is 30.5 Å². The van der Waals surface area contributed by atoms with Crippen molar-refractivity contribution in [3.05, 3.63) is 75.7 Å². The molecule has 0 bridgehead atoms. The fraction of sp³-hybridized carbons (Fsp3) is 0.263. The minimum Gasteiger partial charge on any atom is -0.288 e. The zero-order chi connectivity index (χ0) is 22.4. The predicted molar refractivity (Wildman–Crippen MR) is 138 cm³/mol. The van der Waals surface area contributed by atoms with Crippen molar-refractivity contribution >= 4 is 75.8 Å². The van der Waals surface area contributed by atoms with Crippen LogP contribution in [0.4, 0.5) is 15.8 Å². The van der Waals surface area contributed by atoms with Gasteiger partial charge in [-0.15, -0.1) is 0 Å². The summed E-state index contributed by atoms with van der Waals surface area (Å²) in [6.45, 7) is 1.09. The first-order valence-electron chi connectivity index (χ1n) is 8.39. The fourth-order valence-electron chi connectivity index (χ4n) is 2.57. The van der Waals surface area contributed by atoms with Crippen molar-refractivity contribution in [1.29, 1.82) is 0 Å². The molecule has 0 saturated heterocycles. The van der Waals surface area contributed by atoms with Crippen LogP contribution in [0.25, 0.3) is 0 Å². The van der Waals surface area contributed by atoms with Crippen LogP contribution in [0.3, 0.4) is 0 Å². The molecular formula is C19H20Br2FIN4O4. The zero-order valence-electron chi connectivity index (χ0n) is 15.4. The highest BCUT2D eigenvalue weighted by molar-refractivity contribution is 14.1. The van der Waals surface area contributed by atoms with Gasteiger partial charge >= 0.3 is 0 Å². The van der Waals surface area contributed by atoms with Gasteiger partial charge in [-0.1, -0.05) is 14.9 Å². The van der Waals surface area contributed by atoms with Crippen LogP contribution < -0.4 is 0 Å². The topological polar surface area (TPSA) is 111 Å². The Morgan fingerprint density at radius 3 is 2.10 bits per heavy atom. The van der Waals surface area contributed by atoms with Gasteiger partial charge in [-0.05, 0) is 83.3 Å². The third-order valence-corrected chi connectivity index (χ3v) is 6.07. The molecule has 2 aromatic carbocycles. The molecule has 12 heteroatoms. The lowest BCUT2D eigenvalue weighted by Gasteiger charge is -2.00. The van der Waals surface area contributed by atoms with Gasteiger partial charge in [0.25, 0.3) is 11.4 Å². The largest absolute Gasteiger partial charge is 0.288 e. The Hall–Kier alpha value is -1.80. The average Bonchev–Trinajstić information content (AvgIpc) is 3.27. The molecule has 2 heterocycles. The monoisotopic (exact) mass is 673 g/mol. The Bertz CT molecular complexity index is 1070. The first-order chi connectivity index (χ1) is 14.2. The first-order valence-corrected chi connectivity index (χ1v) is 10.3. The number of nitro groups is 2. The smallest absolute Gasteiger partial charge is 0.283 e. The van der Waals surface area contributed by atoms with Crippen molar-refractivity contribution in [2.75, 3.05) is 7.15 Å². The number of hydrogen-bond acceptors (Lipinski definition) is 6. The van der Waals surface area contributed by atoms with E-state index in [0.29, 0.717) is 22.0 Å². The van der Waals surface area contributed by atoms with Crippen LogP contribution in [0, 0.1) is 20.2 Å². The number of nitrogens with zero attached hydrogens (tertiary/aromatic N) is 4. The summed E-state index contributed by atoms with van der Waals surface area (Å²) < 4.78 is 17.4. The van der Waals surface area contributed by atoms with E-state index in [0.717, 1.165) is 26.0 Å². The van der Waals surface area contributed by atoms with Crippen LogP contribution in [-0.4, -0.2) is 26.9 Å². The molecular weight excluding hydrogens is 654 g/mol. The van der Waals surface area contributed by atoms with Gasteiger partial charge in [0.05, 0.1) is 40.4 Å². The molecule has 0 spiro atoms. The summed E-state index contributed by atoms with van der Waals surface area (Å²) in [5, 5.41) is 21.2. The summed E-state index contributed by atoms with van der Waals surface area (Å²) >= 11 is 8.45. The number of nitro benzene ring substituents is 2. The maximum absolute atomic E-state index is 10.6. The van der Waals surface area contributed by atoms with Crippen molar-refractivity contribution in [2.45, 2.75) is 27.9 Å². The molecule has 4 rings (SSSR count). The van der Waals surface area contributed by atoms with E-state index >= 15 is 0 Å². The van der Waals surface area contributed by atoms with E-state index in [9.17, 15) is 24.6 Å². The van der Waals surface area contributed by atoms with Crippen LogP contribution in [0.2, 0.25) is 0 Å². The van der Waals surface area contributed by atoms with E-state index in [2.05, 4.69) is 64.4 Å². The van der Waals surface area contributed by atoms with E-state index in [4.69, 9.17) is 1.37 Å². The number of alkyl halides is 1. The van der Waals surface area contributed by atoms with Gasteiger partial charge in [0.2, 0.25) is 0 Å². The molecule has 168 valence electrons. The van der Waals surface area contributed by atoms with Crippen molar-refractivity contribution in [2.24, 2.45) is 9.98 Å². The molecule has 2 aliphatic rings. The van der Waals surface area contributed by atoms with Crippen LogP contribution >= 0.6 is 54.5 Å². The van der Waals surface area contributed by atoms with Gasteiger partial charge in [-0.2, -0.15) is 0 Å². The van der Waals surface area contributed by atoms with Gasteiger partial charge in [-0.25, -0.2) is 0 Å². The van der Waals surface area contributed by atoms with Gasteiger partial charge in [-0.3, -0.25) is 34.6 Å². The lowest BCUT2D eigenvalue weighted by molar-refractivity contribution is -0.385. The van der Waals surface area contributed by atoms with Crippen LogP contribution in [0.1, 0.15) is 38.5 Å². The predicted octanol–water partition coefficient (Wildman–Crippen LogP) is 7.20. The zero-order valence-corrected chi connectivity index (χ0v) is 19.8. The highest BCUT2D eigenvalue weighted by atomic mass is 127. The number of halogens is 4. The summed E-state index contributed by atoms with van der Waals surface area (Å²) in [6, 6.07) is 6.62. The Morgan fingerprint density at radius 1 is 1.03 bits per heavy atom. The lowest BCUT2D eigenvalue weighted by atomic mass is 10.1. The molecule has 0 aromatic heterocycles. The van der Waals surface area contributed by atoms with Crippen LogP contribution in [0.5, 0.6) is 0 Å². The average molecular weight is 675 g/mol. The van der Waals surface area contributed by atoms with Crippen molar-refractivity contribution in [3.8, 4) is 0 Å². The van der Waals surface area contributed by atoms with Crippen molar-refractivity contribution in [1.82, 2.24) is 0 Å². The third-order valence-electron chi connectivity index (χ3n) is 3.88. The Balaban J connectivity index is 0.000000508. The Kier molecular flexibility index (Phi) is 11.3. The normalized spacial score (nSPS) is 12.3. The molecule has 0 aliphatic carbocycles. The number of benzene rings is 2. The van der Waals surface area contributed by atoms with E-state index in [1.807, 2.05) is 0 Å². The van der Waals surface area contributed by atoms with E-state index in [-0.39, 0.29) is 26.2 Å². The molecule has 0 unspecified atom stereocenters. The highest BCUT2D eigenvalue weighted by Gasteiger charge is 2.21. The second kappa shape index (κ2) is 12.9. The SMILES string of the molecule is C.C.O=[N+]([O-])c1cc2c(cc1Br)C(I)=NC2.O=[N+]([O-])c1cc2c(cc1Br)C=NC2.[2H]CF. The van der Waals surface area contributed by atoms with Crippen molar-refractivity contribution < 1.29 is 15.6 Å². The Labute approximate surface area is 211 Å². The summed E-state index contributed by atoms with van der Waals surface area (Å²) in [7, 11) is -1.00. The number of fused-ring (bicyclic) bond motifs is 2. The molecule has 0 radical (unpaired) electrons. The van der Waals surface area contributed by atoms with Gasteiger partial charge in [0.15, 0.2) is 0 Å². The molecule has 8 nitrogen and oxygen atoms in total. The fourth-order valence-corrected chi connectivity index (χ4v) is 4.23. The number of hydrogen-bond donors (Lipinski definition) is 0. The van der Waals surface area contributed by atoms with E-state index < -0.39 is 17.0 Å². The maximum atomic E-state index is 10.6. The lowest BCUT2D eigenvalue weighted by Crippen LogP contribution is -1.94. The van der Waals surface area contributed by atoms with Crippen LogP contribution in [0.15, 0.2) is 43.2 Å². The Morgan fingerprint density at radius 2 is 1.55 bits per heavy atom. The minimum absolute atomic E-state index is 0. The second-order valence-corrected chi connectivity index (χ2v) is 8.28. The number of rotatable bonds is 2. The molecule has 2 aromatic rings.